The topological polar surface area (TPSA) is 83.4 Å². The van der Waals surface area contributed by atoms with E-state index < -0.39 is 5.97 Å². The van der Waals surface area contributed by atoms with Crippen molar-refractivity contribution in [1.29, 1.82) is 0 Å². The highest BCUT2D eigenvalue weighted by atomic mass is 16.4. The summed E-state index contributed by atoms with van der Waals surface area (Å²) in [7, 11) is 0. The van der Waals surface area contributed by atoms with Gasteiger partial charge in [-0.1, -0.05) is 30.3 Å². The lowest BCUT2D eigenvalue weighted by Gasteiger charge is -2.31. The second-order valence-electron chi connectivity index (χ2n) is 6.35. The Morgan fingerprint density at radius 1 is 1.04 bits per heavy atom. The van der Waals surface area contributed by atoms with Crippen LogP contribution in [0.15, 0.2) is 42.7 Å². The van der Waals surface area contributed by atoms with Gasteiger partial charge in [0.05, 0.1) is 12.4 Å². The van der Waals surface area contributed by atoms with Crippen LogP contribution in [0.4, 0.5) is 0 Å². The molecule has 0 aliphatic carbocycles. The molecule has 0 bridgehead atoms. The fourth-order valence-electron chi connectivity index (χ4n) is 3.15. The van der Waals surface area contributed by atoms with E-state index in [1.807, 2.05) is 6.07 Å². The Kier molecular flexibility index (Phi) is 5.38. The predicted octanol–water partition coefficient (Wildman–Crippen LogP) is 2.66. The molecular formula is C19H21N3O3. The van der Waals surface area contributed by atoms with E-state index >= 15 is 0 Å². The molecule has 1 aliphatic rings. The quantitative estimate of drug-likeness (QED) is 0.905. The molecule has 2 heterocycles. The first-order chi connectivity index (χ1) is 12.1. The Morgan fingerprint density at radius 2 is 1.68 bits per heavy atom. The summed E-state index contributed by atoms with van der Waals surface area (Å²) in [6.07, 6.45) is 6.55. The number of rotatable bonds is 5. The van der Waals surface area contributed by atoms with Crippen LogP contribution in [0, 0.1) is 5.92 Å². The Hall–Kier alpha value is -2.76. The maximum absolute atomic E-state index is 12.4. The number of carboxylic acid groups (broad SMARTS) is 1. The number of carbonyl (C=O) groups excluding carboxylic acids is 1. The largest absolute Gasteiger partial charge is 0.476 e. The Bertz CT molecular complexity index is 723. The summed E-state index contributed by atoms with van der Waals surface area (Å²) in [5, 5.41) is 8.83. The average Bonchev–Trinajstić information content (AvgIpc) is 2.67. The lowest BCUT2D eigenvalue weighted by atomic mass is 9.90. The van der Waals surface area contributed by atoms with Gasteiger partial charge in [0.1, 0.15) is 5.69 Å². The number of carbonyl (C=O) groups is 2. The highest BCUT2D eigenvalue weighted by molar-refractivity contribution is 5.92. The van der Waals surface area contributed by atoms with E-state index in [0.29, 0.717) is 19.0 Å². The smallest absolute Gasteiger partial charge is 0.356 e. The van der Waals surface area contributed by atoms with Crippen molar-refractivity contribution in [3.8, 4) is 0 Å². The molecule has 1 amide bonds. The SMILES string of the molecule is O=C(O)c1cnc(C(=O)N2CCC(CCc3ccccc3)CC2)cn1. The van der Waals surface area contributed by atoms with Crippen molar-refractivity contribution in [3.63, 3.8) is 0 Å². The Balaban J connectivity index is 1.49. The van der Waals surface area contributed by atoms with Gasteiger partial charge in [-0.25, -0.2) is 14.8 Å². The van der Waals surface area contributed by atoms with Crippen molar-refractivity contribution < 1.29 is 14.7 Å². The third-order valence-corrected chi connectivity index (χ3v) is 4.68. The van der Waals surface area contributed by atoms with Gasteiger partial charge in [0.2, 0.25) is 0 Å². The summed E-state index contributed by atoms with van der Waals surface area (Å²) in [4.78, 5) is 32.7. The van der Waals surface area contributed by atoms with Crippen molar-refractivity contribution in [2.45, 2.75) is 25.7 Å². The number of piperidine rings is 1. The Morgan fingerprint density at radius 3 is 2.28 bits per heavy atom. The predicted molar refractivity (Wildman–Crippen MR) is 92.4 cm³/mol. The molecule has 1 aromatic carbocycles. The molecule has 1 saturated heterocycles. The number of likely N-dealkylation sites (tertiary alicyclic amines) is 1. The van der Waals surface area contributed by atoms with Crippen molar-refractivity contribution >= 4 is 11.9 Å². The minimum atomic E-state index is -1.15. The first-order valence-corrected chi connectivity index (χ1v) is 8.52. The van der Waals surface area contributed by atoms with E-state index in [9.17, 15) is 9.59 Å². The van der Waals surface area contributed by atoms with E-state index in [1.54, 1.807) is 4.90 Å². The maximum atomic E-state index is 12.4. The molecule has 0 spiro atoms. The summed E-state index contributed by atoms with van der Waals surface area (Å²) >= 11 is 0. The zero-order valence-electron chi connectivity index (χ0n) is 14.0. The van der Waals surface area contributed by atoms with Gasteiger partial charge in [0.25, 0.3) is 5.91 Å². The highest BCUT2D eigenvalue weighted by Gasteiger charge is 2.24. The second-order valence-corrected chi connectivity index (χ2v) is 6.35. The van der Waals surface area contributed by atoms with Crippen LogP contribution in [0.3, 0.4) is 0 Å². The molecule has 1 fully saturated rings. The van der Waals surface area contributed by atoms with E-state index in [-0.39, 0.29) is 17.3 Å². The number of benzene rings is 1. The monoisotopic (exact) mass is 339 g/mol. The van der Waals surface area contributed by atoms with Gasteiger partial charge in [0, 0.05) is 13.1 Å². The van der Waals surface area contributed by atoms with Crippen LogP contribution in [0.5, 0.6) is 0 Å². The second kappa shape index (κ2) is 7.88. The van der Waals surface area contributed by atoms with E-state index in [2.05, 4.69) is 34.2 Å². The van der Waals surface area contributed by atoms with Gasteiger partial charge in [-0.3, -0.25) is 4.79 Å². The number of carboxylic acids is 1. The average molecular weight is 339 g/mol. The molecule has 1 aliphatic heterocycles. The van der Waals surface area contributed by atoms with Gasteiger partial charge in [0.15, 0.2) is 5.69 Å². The van der Waals surface area contributed by atoms with Crippen LogP contribution in [-0.2, 0) is 6.42 Å². The molecule has 1 N–H and O–H groups in total. The number of aryl methyl sites for hydroxylation is 1. The van der Waals surface area contributed by atoms with Gasteiger partial charge >= 0.3 is 5.97 Å². The van der Waals surface area contributed by atoms with Crippen molar-refractivity contribution in [1.82, 2.24) is 14.9 Å². The molecule has 3 rings (SSSR count). The Labute approximate surface area is 146 Å². The van der Waals surface area contributed by atoms with Crippen molar-refractivity contribution in [2.75, 3.05) is 13.1 Å². The summed E-state index contributed by atoms with van der Waals surface area (Å²) in [6, 6.07) is 10.5. The summed E-state index contributed by atoms with van der Waals surface area (Å²) < 4.78 is 0. The zero-order valence-corrected chi connectivity index (χ0v) is 14.0. The normalized spacial score (nSPS) is 15.1. The van der Waals surface area contributed by atoms with Crippen LogP contribution in [0.1, 0.15) is 45.8 Å². The highest BCUT2D eigenvalue weighted by Crippen LogP contribution is 2.23. The molecule has 25 heavy (non-hydrogen) atoms. The third-order valence-electron chi connectivity index (χ3n) is 4.68. The zero-order chi connectivity index (χ0) is 17.6. The molecule has 6 nitrogen and oxygen atoms in total. The van der Waals surface area contributed by atoms with Crippen molar-refractivity contribution in [3.05, 3.63) is 59.7 Å². The summed E-state index contributed by atoms with van der Waals surface area (Å²) in [5.41, 5.74) is 1.40. The van der Waals surface area contributed by atoms with Gasteiger partial charge in [-0.2, -0.15) is 0 Å². The molecule has 1 aromatic heterocycles. The van der Waals surface area contributed by atoms with Crippen LogP contribution < -0.4 is 0 Å². The van der Waals surface area contributed by atoms with Crippen LogP contribution in [-0.4, -0.2) is 44.9 Å². The van der Waals surface area contributed by atoms with E-state index in [0.717, 1.165) is 31.9 Å². The molecule has 6 heteroatoms. The molecule has 0 unspecified atom stereocenters. The number of aromatic carboxylic acids is 1. The molecule has 0 atom stereocenters. The van der Waals surface area contributed by atoms with Gasteiger partial charge in [-0.15, -0.1) is 0 Å². The van der Waals surface area contributed by atoms with Crippen LogP contribution in [0.2, 0.25) is 0 Å². The van der Waals surface area contributed by atoms with E-state index in [4.69, 9.17) is 5.11 Å². The number of hydrogen-bond donors (Lipinski definition) is 1. The van der Waals surface area contributed by atoms with Crippen LogP contribution >= 0.6 is 0 Å². The lowest BCUT2D eigenvalue weighted by molar-refractivity contribution is 0.0667. The number of amides is 1. The fraction of sp³-hybridized carbons (Fsp3) is 0.368. The minimum absolute atomic E-state index is 0.156. The maximum Gasteiger partial charge on any atom is 0.356 e. The molecule has 130 valence electrons. The number of aromatic nitrogens is 2. The third kappa shape index (κ3) is 4.41. The minimum Gasteiger partial charge on any atom is -0.476 e. The van der Waals surface area contributed by atoms with Gasteiger partial charge in [-0.05, 0) is 37.2 Å². The molecular weight excluding hydrogens is 318 g/mol. The first kappa shape index (κ1) is 17.1. The molecule has 2 aromatic rings. The number of hydrogen-bond acceptors (Lipinski definition) is 4. The van der Waals surface area contributed by atoms with E-state index in [1.165, 1.54) is 11.8 Å². The van der Waals surface area contributed by atoms with Crippen LogP contribution in [0.25, 0.3) is 0 Å². The summed E-state index contributed by atoms with van der Waals surface area (Å²) in [5.74, 6) is -0.693. The lowest BCUT2D eigenvalue weighted by Crippen LogP contribution is -2.39. The molecule has 0 radical (unpaired) electrons. The standard InChI is InChI=1S/C19H21N3O3/c23-18(16-12-21-17(13-20-16)19(24)25)22-10-8-15(9-11-22)7-6-14-4-2-1-3-5-14/h1-5,12-13,15H,6-11H2,(H,24,25). The van der Waals surface area contributed by atoms with Crippen molar-refractivity contribution in [2.24, 2.45) is 5.92 Å². The molecule has 0 saturated carbocycles. The summed E-state index contributed by atoms with van der Waals surface area (Å²) in [6.45, 7) is 1.42. The van der Waals surface area contributed by atoms with Gasteiger partial charge < -0.3 is 10.0 Å². The first-order valence-electron chi connectivity index (χ1n) is 8.52. The fourth-order valence-corrected chi connectivity index (χ4v) is 3.15. The number of nitrogens with zero attached hydrogens (tertiary/aromatic N) is 3.